The highest BCUT2D eigenvalue weighted by atomic mass is 16.2. The largest absolute Gasteiger partial charge is 0.344 e. The lowest BCUT2D eigenvalue weighted by atomic mass is 9.77. The molecule has 2 aliphatic heterocycles. The monoisotopic (exact) mass is 315 g/mol. The molecule has 2 heterocycles. The van der Waals surface area contributed by atoms with Gasteiger partial charge in [0, 0.05) is 20.1 Å². The van der Waals surface area contributed by atoms with Crippen molar-refractivity contribution < 1.29 is 4.79 Å². The number of rotatable bonds is 4. The molecule has 0 unspecified atom stereocenters. The Morgan fingerprint density at radius 2 is 2.00 bits per heavy atom. The molecule has 126 valence electrons. The fraction of sp³-hybridized carbons (Fsp3) is 0.632. The van der Waals surface area contributed by atoms with Gasteiger partial charge in [0.05, 0.1) is 6.04 Å². The molecule has 2 saturated heterocycles. The molecule has 1 N–H and O–H groups in total. The van der Waals surface area contributed by atoms with E-state index in [1.807, 2.05) is 18.0 Å². The minimum atomic E-state index is 0.0638. The van der Waals surface area contributed by atoms with Gasteiger partial charge in [-0.05, 0) is 56.8 Å². The van der Waals surface area contributed by atoms with Crippen LogP contribution in [-0.2, 0) is 11.2 Å². The van der Waals surface area contributed by atoms with Gasteiger partial charge in [0.1, 0.15) is 0 Å². The highest BCUT2D eigenvalue weighted by Crippen LogP contribution is 2.41. The maximum absolute atomic E-state index is 12.9. The lowest BCUT2D eigenvalue weighted by Gasteiger charge is -2.33. The lowest BCUT2D eigenvalue weighted by Crippen LogP contribution is -2.43. The van der Waals surface area contributed by atoms with E-state index in [-0.39, 0.29) is 6.04 Å². The fourth-order valence-corrected chi connectivity index (χ4v) is 4.17. The molecule has 0 saturated carbocycles. The number of nitrogens with zero attached hydrogens (tertiary/aromatic N) is 2. The molecule has 0 bridgehead atoms. The molecule has 0 aliphatic carbocycles. The molecular formula is C19H29N3O. The first-order valence-corrected chi connectivity index (χ1v) is 8.80. The van der Waals surface area contributed by atoms with Crippen LogP contribution < -0.4 is 5.32 Å². The maximum Gasteiger partial charge on any atom is 0.239 e. The Morgan fingerprint density at radius 3 is 2.70 bits per heavy atom. The van der Waals surface area contributed by atoms with E-state index in [1.165, 1.54) is 18.4 Å². The van der Waals surface area contributed by atoms with Crippen molar-refractivity contribution in [3.63, 3.8) is 0 Å². The van der Waals surface area contributed by atoms with Gasteiger partial charge in [0.25, 0.3) is 0 Å². The van der Waals surface area contributed by atoms with Crippen molar-refractivity contribution in [2.45, 2.75) is 31.7 Å². The summed E-state index contributed by atoms with van der Waals surface area (Å²) in [6, 6.07) is 10.5. The molecular weight excluding hydrogens is 286 g/mol. The van der Waals surface area contributed by atoms with Crippen LogP contribution in [0, 0.1) is 5.41 Å². The Morgan fingerprint density at radius 1 is 1.30 bits per heavy atom. The summed E-state index contributed by atoms with van der Waals surface area (Å²) in [6.45, 7) is 4.05. The topological polar surface area (TPSA) is 35.6 Å². The molecule has 1 amide bonds. The number of hydrogen-bond donors (Lipinski definition) is 1. The highest BCUT2D eigenvalue weighted by molar-refractivity contribution is 5.82. The van der Waals surface area contributed by atoms with E-state index in [0.717, 1.165) is 39.0 Å². The molecule has 0 radical (unpaired) electrons. The Kier molecular flexibility index (Phi) is 5.02. The molecule has 23 heavy (non-hydrogen) atoms. The number of piperidine rings is 1. The molecule has 1 aromatic carbocycles. The zero-order valence-electron chi connectivity index (χ0n) is 14.4. The Bertz CT molecular complexity index is 525. The highest BCUT2D eigenvalue weighted by Gasteiger charge is 2.46. The summed E-state index contributed by atoms with van der Waals surface area (Å²) >= 11 is 0. The van der Waals surface area contributed by atoms with Crippen LogP contribution in [0.15, 0.2) is 30.3 Å². The average molecular weight is 315 g/mol. The van der Waals surface area contributed by atoms with Gasteiger partial charge in [0.2, 0.25) is 5.91 Å². The smallest absolute Gasteiger partial charge is 0.239 e. The second kappa shape index (κ2) is 7.02. The molecule has 1 aromatic rings. The number of amides is 1. The first-order chi connectivity index (χ1) is 11.1. The second-order valence-electron chi connectivity index (χ2n) is 7.38. The lowest BCUT2D eigenvalue weighted by molar-refractivity contribution is -0.134. The molecule has 1 atom stereocenters. The third-order valence-electron chi connectivity index (χ3n) is 5.65. The van der Waals surface area contributed by atoms with Crippen molar-refractivity contribution in [3.8, 4) is 0 Å². The van der Waals surface area contributed by atoms with Gasteiger partial charge in [-0.2, -0.15) is 0 Å². The third-order valence-corrected chi connectivity index (χ3v) is 5.65. The van der Waals surface area contributed by atoms with Gasteiger partial charge in [-0.25, -0.2) is 0 Å². The van der Waals surface area contributed by atoms with Gasteiger partial charge in [0.15, 0.2) is 0 Å². The van der Waals surface area contributed by atoms with Gasteiger partial charge in [-0.1, -0.05) is 30.3 Å². The van der Waals surface area contributed by atoms with Gasteiger partial charge in [-0.15, -0.1) is 0 Å². The van der Waals surface area contributed by atoms with Crippen LogP contribution in [0.1, 0.15) is 24.8 Å². The van der Waals surface area contributed by atoms with Crippen LogP contribution in [-0.4, -0.2) is 62.0 Å². The average Bonchev–Trinajstić information content (AvgIpc) is 2.89. The first kappa shape index (κ1) is 16.5. The second-order valence-corrected chi connectivity index (χ2v) is 7.38. The van der Waals surface area contributed by atoms with Crippen LogP contribution in [0.5, 0.6) is 0 Å². The summed E-state index contributed by atoms with van der Waals surface area (Å²) in [4.78, 5) is 17.1. The fourth-order valence-electron chi connectivity index (χ4n) is 4.17. The summed E-state index contributed by atoms with van der Waals surface area (Å²) in [5, 5.41) is 3.44. The predicted octanol–water partition coefficient (Wildman–Crippen LogP) is 1.76. The normalized spacial score (nSPS) is 24.0. The zero-order chi connectivity index (χ0) is 16.3. The van der Waals surface area contributed by atoms with Crippen molar-refractivity contribution in [1.82, 2.24) is 15.1 Å². The Hall–Kier alpha value is -1.39. The number of benzene rings is 1. The number of likely N-dealkylation sites (N-methyl/N-ethyl adjacent to an activating group) is 2. The zero-order valence-corrected chi connectivity index (χ0v) is 14.4. The van der Waals surface area contributed by atoms with E-state index in [1.54, 1.807) is 0 Å². The van der Waals surface area contributed by atoms with E-state index < -0.39 is 0 Å². The van der Waals surface area contributed by atoms with E-state index >= 15 is 0 Å². The van der Waals surface area contributed by atoms with Crippen LogP contribution in [0.25, 0.3) is 0 Å². The molecule has 4 heteroatoms. The molecule has 4 nitrogen and oxygen atoms in total. The summed E-state index contributed by atoms with van der Waals surface area (Å²) < 4.78 is 0. The van der Waals surface area contributed by atoms with Crippen LogP contribution in [0.2, 0.25) is 0 Å². The van der Waals surface area contributed by atoms with E-state index in [9.17, 15) is 4.79 Å². The minimum absolute atomic E-state index is 0.0638. The number of likely N-dealkylation sites (tertiary alicyclic amines) is 1. The number of carbonyl (C=O) groups excluding carboxylic acids is 1. The summed E-state index contributed by atoms with van der Waals surface area (Å²) in [5.41, 5.74) is 1.65. The van der Waals surface area contributed by atoms with E-state index in [4.69, 9.17) is 0 Å². The van der Waals surface area contributed by atoms with Crippen LogP contribution in [0.3, 0.4) is 0 Å². The van der Waals surface area contributed by atoms with Gasteiger partial charge >= 0.3 is 0 Å². The number of hydrogen-bond acceptors (Lipinski definition) is 3. The standard InChI is InChI=1S/C19H29N3O/c1-21(13-8-16-6-4-3-5-7-16)18(23)17-14-19(15-22(17)2)9-11-20-12-10-19/h3-7,17,20H,8-15H2,1-2H3/t17-/m0/s1. The van der Waals surface area contributed by atoms with E-state index in [2.05, 4.69) is 41.5 Å². The van der Waals surface area contributed by atoms with Crippen molar-refractivity contribution in [2.75, 3.05) is 40.3 Å². The summed E-state index contributed by atoms with van der Waals surface area (Å²) in [5.74, 6) is 0.291. The molecule has 2 aliphatic rings. The van der Waals surface area contributed by atoms with Gasteiger partial charge in [-0.3, -0.25) is 9.69 Å². The molecule has 1 spiro atoms. The third kappa shape index (κ3) is 3.75. The maximum atomic E-state index is 12.9. The van der Waals surface area contributed by atoms with Crippen molar-refractivity contribution in [2.24, 2.45) is 5.41 Å². The quantitative estimate of drug-likeness (QED) is 0.920. The predicted molar refractivity (Wildman–Crippen MR) is 93.4 cm³/mol. The molecule has 3 rings (SSSR count). The Balaban J connectivity index is 1.56. The number of nitrogens with one attached hydrogen (secondary N) is 1. The van der Waals surface area contributed by atoms with E-state index in [0.29, 0.717) is 11.3 Å². The number of carbonyl (C=O) groups is 1. The summed E-state index contributed by atoms with van der Waals surface area (Å²) in [7, 11) is 4.07. The molecule has 0 aromatic heterocycles. The van der Waals surface area contributed by atoms with Crippen LogP contribution >= 0.6 is 0 Å². The molecule has 2 fully saturated rings. The Labute approximate surface area is 139 Å². The first-order valence-electron chi connectivity index (χ1n) is 8.80. The van der Waals surface area contributed by atoms with Gasteiger partial charge < -0.3 is 10.2 Å². The van der Waals surface area contributed by atoms with Crippen molar-refractivity contribution >= 4 is 5.91 Å². The minimum Gasteiger partial charge on any atom is -0.344 e. The van der Waals surface area contributed by atoms with Crippen LogP contribution in [0.4, 0.5) is 0 Å². The van der Waals surface area contributed by atoms with Crippen molar-refractivity contribution in [3.05, 3.63) is 35.9 Å². The SMILES string of the molecule is CN(CCc1ccccc1)C(=O)[C@@H]1CC2(CCNCC2)CN1C. The summed E-state index contributed by atoms with van der Waals surface area (Å²) in [6.07, 6.45) is 4.36. The van der Waals surface area contributed by atoms with Crippen molar-refractivity contribution in [1.29, 1.82) is 0 Å².